The number of halogens is 1. The molecule has 0 bridgehead atoms. The molecule has 104 valence electrons. The highest BCUT2D eigenvalue weighted by Gasteiger charge is 2.31. The van der Waals surface area contributed by atoms with Crippen LogP contribution in [0.3, 0.4) is 0 Å². The predicted octanol–water partition coefficient (Wildman–Crippen LogP) is 3.36. The molecule has 0 saturated carbocycles. The molecule has 1 aromatic carbocycles. The lowest BCUT2D eigenvalue weighted by atomic mass is 9.88. The van der Waals surface area contributed by atoms with E-state index in [1.165, 1.54) is 36.9 Å². The quantitative estimate of drug-likeness (QED) is 0.892. The van der Waals surface area contributed by atoms with Crippen molar-refractivity contribution >= 4 is 11.6 Å². The van der Waals surface area contributed by atoms with Crippen molar-refractivity contribution < 1.29 is 0 Å². The van der Waals surface area contributed by atoms with Gasteiger partial charge in [-0.15, -0.1) is 0 Å². The molecule has 3 heteroatoms. The SMILES string of the molecule is CN1CCC(c2ccc(C3(C)CCCN3)cc2Cl)C1. The summed E-state index contributed by atoms with van der Waals surface area (Å²) in [6.45, 7) is 5.72. The molecule has 2 fully saturated rings. The van der Waals surface area contributed by atoms with Crippen molar-refractivity contribution in [2.75, 3.05) is 26.7 Å². The predicted molar refractivity (Wildman–Crippen MR) is 80.9 cm³/mol. The lowest BCUT2D eigenvalue weighted by Gasteiger charge is -2.26. The van der Waals surface area contributed by atoms with Crippen LogP contribution in [0.25, 0.3) is 0 Å². The van der Waals surface area contributed by atoms with Gasteiger partial charge in [-0.25, -0.2) is 0 Å². The van der Waals surface area contributed by atoms with Crippen molar-refractivity contribution in [3.63, 3.8) is 0 Å². The smallest absolute Gasteiger partial charge is 0.0444 e. The molecular weight excluding hydrogens is 256 g/mol. The van der Waals surface area contributed by atoms with Gasteiger partial charge in [0.05, 0.1) is 0 Å². The van der Waals surface area contributed by atoms with Crippen LogP contribution in [0.5, 0.6) is 0 Å². The van der Waals surface area contributed by atoms with Crippen LogP contribution in [0.15, 0.2) is 18.2 Å². The van der Waals surface area contributed by atoms with E-state index in [4.69, 9.17) is 11.6 Å². The van der Waals surface area contributed by atoms with Crippen LogP contribution in [0, 0.1) is 0 Å². The summed E-state index contributed by atoms with van der Waals surface area (Å²) >= 11 is 6.55. The first-order valence-electron chi connectivity index (χ1n) is 7.32. The Balaban J connectivity index is 1.85. The van der Waals surface area contributed by atoms with Gasteiger partial charge in [0.1, 0.15) is 0 Å². The summed E-state index contributed by atoms with van der Waals surface area (Å²) in [6, 6.07) is 6.72. The molecule has 2 unspecified atom stereocenters. The zero-order valence-electron chi connectivity index (χ0n) is 11.9. The molecule has 2 aliphatic heterocycles. The van der Waals surface area contributed by atoms with Gasteiger partial charge < -0.3 is 10.2 Å². The fourth-order valence-electron chi connectivity index (χ4n) is 3.53. The lowest BCUT2D eigenvalue weighted by Crippen LogP contribution is -2.33. The average molecular weight is 279 g/mol. The summed E-state index contributed by atoms with van der Waals surface area (Å²) < 4.78 is 0. The zero-order chi connectivity index (χ0) is 13.5. The van der Waals surface area contributed by atoms with E-state index in [1.54, 1.807) is 0 Å². The maximum atomic E-state index is 6.55. The van der Waals surface area contributed by atoms with Crippen molar-refractivity contribution in [1.29, 1.82) is 0 Å². The Morgan fingerprint density at radius 3 is 2.84 bits per heavy atom. The molecule has 2 saturated heterocycles. The number of hydrogen-bond donors (Lipinski definition) is 1. The van der Waals surface area contributed by atoms with Gasteiger partial charge in [-0.1, -0.05) is 23.7 Å². The van der Waals surface area contributed by atoms with E-state index in [-0.39, 0.29) is 5.54 Å². The molecule has 0 aliphatic carbocycles. The molecule has 2 heterocycles. The van der Waals surface area contributed by atoms with Gasteiger partial charge in [0.15, 0.2) is 0 Å². The van der Waals surface area contributed by atoms with Crippen molar-refractivity contribution in [2.45, 2.75) is 37.6 Å². The highest BCUT2D eigenvalue weighted by molar-refractivity contribution is 6.31. The molecule has 19 heavy (non-hydrogen) atoms. The standard InChI is InChI=1S/C16H23ClN2/c1-16(7-3-8-18-16)13-4-5-14(15(17)10-13)12-6-9-19(2)11-12/h4-5,10,12,18H,3,6-9,11H2,1-2H3. The van der Waals surface area contributed by atoms with Gasteiger partial charge in [-0.3, -0.25) is 0 Å². The van der Waals surface area contributed by atoms with Crippen molar-refractivity contribution in [1.82, 2.24) is 10.2 Å². The minimum Gasteiger partial charge on any atom is -0.308 e. The van der Waals surface area contributed by atoms with E-state index in [9.17, 15) is 0 Å². The summed E-state index contributed by atoms with van der Waals surface area (Å²) in [6.07, 6.45) is 3.68. The third-order valence-electron chi connectivity index (χ3n) is 4.84. The highest BCUT2D eigenvalue weighted by Crippen LogP contribution is 2.36. The molecule has 1 aromatic rings. The van der Waals surface area contributed by atoms with E-state index >= 15 is 0 Å². The molecule has 0 spiro atoms. The normalized spacial score (nSPS) is 32.1. The number of likely N-dealkylation sites (tertiary alicyclic amines) is 1. The Hall–Kier alpha value is -0.570. The van der Waals surface area contributed by atoms with Gasteiger partial charge in [0.2, 0.25) is 0 Å². The summed E-state index contributed by atoms with van der Waals surface area (Å²) in [5.74, 6) is 0.607. The van der Waals surface area contributed by atoms with Crippen LogP contribution in [0.2, 0.25) is 5.02 Å². The van der Waals surface area contributed by atoms with Gasteiger partial charge >= 0.3 is 0 Å². The van der Waals surface area contributed by atoms with Crippen LogP contribution in [-0.2, 0) is 5.54 Å². The third-order valence-corrected chi connectivity index (χ3v) is 5.16. The second-order valence-electron chi connectivity index (χ2n) is 6.35. The van der Waals surface area contributed by atoms with Crippen molar-refractivity contribution in [2.24, 2.45) is 0 Å². The van der Waals surface area contributed by atoms with Crippen LogP contribution in [0.1, 0.15) is 43.2 Å². The number of hydrogen-bond acceptors (Lipinski definition) is 2. The monoisotopic (exact) mass is 278 g/mol. The average Bonchev–Trinajstić information content (AvgIpc) is 2.99. The molecule has 1 N–H and O–H groups in total. The second kappa shape index (κ2) is 5.08. The maximum Gasteiger partial charge on any atom is 0.0444 e. The summed E-state index contributed by atoms with van der Waals surface area (Å²) in [5.41, 5.74) is 2.79. The van der Waals surface area contributed by atoms with E-state index < -0.39 is 0 Å². The molecule has 2 aliphatic rings. The molecule has 2 nitrogen and oxygen atoms in total. The van der Waals surface area contributed by atoms with E-state index in [1.807, 2.05) is 0 Å². The topological polar surface area (TPSA) is 15.3 Å². The first kappa shape index (κ1) is 13.4. The summed E-state index contributed by atoms with van der Waals surface area (Å²) in [7, 11) is 2.19. The Morgan fingerprint density at radius 2 is 2.26 bits per heavy atom. The fourth-order valence-corrected chi connectivity index (χ4v) is 3.87. The third kappa shape index (κ3) is 2.54. The first-order chi connectivity index (χ1) is 9.08. The Kier molecular flexibility index (Phi) is 3.59. The van der Waals surface area contributed by atoms with Gasteiger partial charge in [0.25, 0.3) is 0 Å². The minimum absolute atomic E-state index is 0.120. The number of nitrogens with zero attached hydrogens (tertiary/aromatic N) is 1. The zero-order valence-corrected chi connectivity index (χ0v) is 12.6. The second-order valence-corrected chi connectivity index (χ2v) is 6.75. The van der Waals surface area contributed by atoms with E-state index in [0.29, 0.717) is 5.92 Å². The van der Waals surface area contributed by atoms with Gasteiger partial charge in [-0.2, -0.15) is 0 Å². The van der Waals surface area contributed by atoms with Crippen LogP contribution < -0.4 is 5.32 Å². The Bertz CT molecular complexity index is 466. The van der Waals surface area contributed by atoms with E-state index in [2.05, 4.69) is 42.4 Å². The van der Waals surface area contributed by atoms with Crippen LogP contribution in [0.4, 0.5) is 0 Å². The number of likely N-dealkylation sites (N-methyl/N-ethyl adjacent to an activating group) is 1. The lowest BCUT2D eigenvalue weighted by molar-refractivity contribution is 0.411. The number of nitrogens with one attached hydrogen (secondary N) is 1. The van der Waals surface area contributed by atoms with Gasteiger partial charge in [-0.05, 0) is 69.4 Å². The first-order valence-corrected chi connectivity index (χ1v) is 7.70. The fraction of sp³-hybridized carbons (Fsp3) is 0.625. The summed E-state index contributed by atoms with van der Waals surface area (Å²) in [4.78, 5) is 2.38. The number of rotatable bonds is 2. The van der Waals surface area contributed by atoms with Crippen molar-refractivity contribution in [3.8, 4) is 0 Å². The maximum absolute atomic E-state index is 6.55. The highest BCUT2D eigenvalue weighted by atomic mass is 35.5. The van der Waals surface area contributed by atoms with E-state index in [0.717, 1.165) is 18.1 Å². The van der Waals surface area contributed by atoms with Crippen molar-refractivity contribution in [3.05, 3.63) is 34.3 Å². The molecule has 3 rings (SSSR count). The molecule has 0 radical (unpaired) electrons. The Morgan fingerprint density at radius 1 is 1.42 bits per heavy atom. The molecule has 0 aromatic heterocycles. The molecule has 2 atom stereocenters. The molecule has 0 amide bonds. The largest absolute Gasteiger partial charge is 0.308 e. The number of benzene rings is 1. The van der Waals surface area contributed by atoms with Gasteiger partial charge in [0, 0.05) is 17.1 Å². The minimum atomic E-state index is 0.120. The van der Waals surface area contributed by atoms with Crippen LogP contribution in [-0.4, -0.2) is 31.6 Å². The Labute approximate surface area is 121 Å². The molecular formula is C16H23ClN2. The summed E-state index contributed by atoms with van der Waals surface area (Å²) in [5, 5.41) is 4.56. The van der Waals surface area contributed by atoms with Crippen LogP contribution >= 0.6 is 11.6 Å².